The molecule has 6 nitrogen and oxygen atoms in total. The van der Waals surface area contributed by atoms with Gasteiger partial charge in [0.1, 0.15) is 5.76 Å². The van der Waals surface area contributed by atoms with Crippen molar-refractivity contribution in [2.45, 2.75) is 20.3 Å². The van der Waals surface area contributed by atoms with Gasteiger partial charge in [0.2, 0.25) is 5.91 Å². The zero-order valence-corrected chi connectivity index (χ0v) is 12.6. The Kier molecular flexibility index (Phi) is 5.38. The van der Waals surface area contributed by atoms with Crippen LogP contribution >= 0.6 is 0 Å². The predicted molar refractivity (Wildman–Crippen MR) is 77.0 cm³/mol. The highest BCUT2D eigenvalue weighted by Gasteiger charge is 2.22. The molecule has 21 heavy (non-hydrogen) atoms. The summed E-state index contributed by atoms with van der Waals surface area (Å²) in [7, 11) is 0. The molecule has 2 amide bonds. The Morgan fingerprint density at radius 3 is 2.86 bits per heavy atom. The molecular weight excluding hydrogens is 272 g/mol. The Balaban J connectivity index is 1.82. The molecule has 2 heterocycles. The summed E-state index contributed by atoms with van der Waals surface area (Å²) in [5, 5.41) is 2.64. The molecule has 0 saturated carbocycles. The first kappa shape index (κ1) is 15.6. The van der Waals surface area contributed by atoms with Gasteiger partial charge in [-0.25, -0.2) is 0 Å². The van der Waals surface area contributed by atoms with Gasteiger partial charge < -0.3 is 19.4 Å². The Morgan fingerprint density at radius 2 is 2.29 bits per heavy atom. The fraction of sp³-hybridized carbons (Fsp3) is 0.600. The Labute approximate surface area is 124 Å². The third-order valence-electron chi connectivity index (χ3n) is 3.74. The first-order valence-corrected chi connectivity index (χ1v) is 7.29. The van der Waals surface area contributed by atoms with Gasteiger partial charge in [-0.15, -0.1) is 0 Å². The van der Waals surface area contributed by atoms with Crippen molar-refractivity contribution in [1.29, 1.82) is 0 Å². The van der Waals surface area contributed by atoms with Crippen molar-refractivity contribution in [1.82, 2.24) is 10.2 Å². The van der Waals surface area contributed by atoms with Crippen molar-refractivity contribution in [3.05, 3.63) is 23.7 Å². The third-order valence-corrected chi connectivity index (χ3v) is 3.74. The second-order valence-electron chi connectivity index (χ2n) is 5.24. The van der Waals surface area contributed by atoms with E-state index in [1.165, 1.54) is 6.26 Å². The largest absolute Gasteiger partial charge is 0.469 e. The Morgan fingerprint density at radius 1 is 1.48 bits per heavy atom. The van der Waals surface area contributed by atoms with Crippen molar-refractivity contribution >= 4 is 11.8 Å². The highest BCUT2D eigenvalue weighted by molar-refractivity contribution is 5.97. The molecular formula is C15H22N2O4. The number of carbonyl (C=O) groups excluding carboxylic acids is 2. The third kappa shape index (κ3) is 4.07. The fourth-order valence-corrected chi connectivity index (χ4v) is 2.43. The molecule has 1 unspecified atom stereocenters. The van der Waals surface area contributed by atoms with Gasteiger partial charge in [0, 0.05) is 25.6 Å². The van der Waals surface area contributed by atoms with Gasteiger partial charge in [0.15, 0.2) is 0 Å². The summed E-state index contributed by atoms with van der Waals surface area (Å²) < 4.78 is 10.4. The zero-order chi connectivity index (χ0) is 15.2. The molecule has 0 bridgehead atoms. The number of nitrogens with one attached hydrogen (secondary N) is 1. The smallest absolute Gasteiger partial charge is 0.255 e. The summed E-state index contributed by atoms with van der Waals surface area (Å²) in [6, 6.07) is 1.60. The number of ether oxygens (including phenoxy) is 1. The molecule has 0 aliphatic carbocycles. The molecule has 1 fully saturated rings. The maximum Gasteiger partial charge on any atom is 0.255 e. The van der Waals surface area contributed by atoms with Crippen molar-refractivity contribution < 1.29 is 18.7 Å². The molecule has 1 aliphatic heterocycles. The van der Waals surface area contributed by atoms with Crippen LogP contribution in [0.15, 0.2) is 16.7 Å². The van der Waals surface area contributed by atoms with Crippen LogP contribution in [0.2, 0.25) is 0 Å². The summed E-state index contributed by atoms with van der Waals surface area (Å²) in [5.41, 5.74) is 0.468. The highest BCUT2D eigenvalue weighted by atomic mass is 16.5. The van der Waals surface area contributed by atoms with E-state index in [1.54, 1.807) is 17.9 Å². The summed E-state index contributed by atoms with van der Waals surface area (Å²) in [6.45, 7) is 6.47. The van der Waals surface area contributed by atoms with Gasteiger partial charge in [0.25, 0.3) is 5.91 Å². The minimum atomic E-state index is -0.283. The van der Waals surface area contributed by atoms with Crippen LogP contribution in [0.4, 0.5) is 0 Å². The molecule has 0 aromatic carbocycles. The van der Waals surface area contributed by atoms with E-state index >= 15 is 0 Å². The number of aryl methyl sites for hydroxylation is 1. The summed E-state index contributed by atoms with van der Waals surface area (Å²) in [6.07, 6.45) is 2.45. The van der Waals surface area contributed by atoms with Crippen LogP contribution in [0.25, 0.3) is 0 Å². The normalized spacial score (nSPS) is 17.7. The molecule has 6 heteroatoms. The van der Waals surface area contributed by atoms with Gasteiger partial charge >= 0.3 is 0 Å². The Hall–Kier alpha value is -1.82. The monoisotopic (exact) mass is 294 g/mol. The molecule has 1 aromatic rings. The zero-order valence-electron chi connectivity index (χ0n) is 12.6. The lowest BCUT2D eigenvalue weighted by Crippen LogP contribution is -2.42. The second-order valence-corrected chi connectivity index (χ2v) is 5.24. The Bertz CT molecular complexity index is 492. The lowest BCUT2D eigenvalue weighted by Gasteiger charge is -2.23. The summed E-state index contributed by atoms with van der Waals surface area (Å²) in [5.74, 6) is 0.602. The van der Waals surface area contributed by atoms with E-state index in [-0.39, 0.29) is 18.4 Å². The lowest BCUT2D eigenvalue weighted by atomic mass is 10.1. The average molecular weight is 294 g/mol. The van der Waals surface area contributed by atoms with E-state index in [0.29, 0.717) is 36.9 Å². The van der Waals surface area contributed by atoms with E-state index in [0.717, 1.165) is 13.0 Å². The number of amides is 2. The molecule has 1 saturated heterocycles. The lowest BCUT2D eigenvalue weighted by molar-refractivity contribution is -0.130. The van der Waals surface area contributed by atoms with Crippen molar-refractivity contribution in [2.75, 3.05) is 32.8 Å². The van der Waals surface area contributed by atoms with Crippen LogP contribution < -0.4 is 5.32 Å². The number of furan rings is 1. The average Bonchev–Trinajstić information content (AvgIpc) is 3.13. The van der Waals surface area contributed by atoms with Crippen LogP contribution in [-0.4, -0.2) is 49.6 Å². The number of hydrogen-bond acceptors (Lipinski definition) is 4. The van der Waals surface area contributed by atoms with Crippen LogP contribution in [0.5, 0.6) is 0 Å². The number of carbonyl (C=O) groups is 2. The van der Waals surface area contributed by atoms with E-state index in [2.05, 4.69) is 5.32 Å². The van der Waals surface area contributed by atoms with Gasteiger partial charge in [-0.1, -0.05) is 0 Å². The van der Waals surface area contributed by atoms with Crippen molar-refractivity contribution in [3.63, 3.8) is 0 Å². The van der Waals surface area contributed by atoms with E-state index in [1.807, 2.05) is 6.92 Å². The molecule has 1 N–H and O–H groups in total. The van der Waals surface area contributed by atoms with Crippen LogP contribution in [0.1, 0.15) is 29.5 Å². The first-order valence-electron chi connectivity index (χ1n) is 7.29. The predicted octanol–water partition coefficient (Wildman–Crippen LogP) is 1.20. The van der Waals surface area contributed by atoms with Crippen molar-refractivity contribution in [3.8, 4) is 0 Å². The number of likely N-dealkylation sites (N-methyl/N-ethyl adjacent to an activating group) is 1. The molecule has 1 aliphatic rings. The maximum atomic E-state index is 12.2. The molecule has 2 rings (SSSR count). The number of nitrogens with zero attached hydrogens (tertiary/aromatic N) is 1. The number of rotatable bonds is 6. The fourth-order valence-electron chi connectivity index (χ4n) is 2.43. The SMILES string of the molecule is CCN(CC1CCOC1)C(=O)CNC(=O)c1ccoc1C. The van der Waals surface area contributed by atoms with Crippen LogP contribution in [0, 0.1) is 12.8 Å². The van der Waals surface area contributed by atoms with Gasteiger partial charge in [-0.2, -0.15) is 0 Å². The molecule has 1 atom stereocenters. The van der Waals surface area contributed by atoms with E-state index in [4.69, 9.17) is 9.15 Å². The minimum absolute atomic E-state index is 0.00483. The van der Waals surface area contributed by atoms with Gasteiger partial charge in [0.05, 0.1) is 25.0 Å². The first-order chi connectivity index (χ1) is 10.1. The van der Waals surface area contributed by atoms with Crippen molar-refractivity contribution in [2.24, 2.45) is 5.92 Å². The van der Waals surface area contributed by atoms with E-state index < -0.39 is 0 Å². The topological polar surface area (TPSA) is 71.8 Å². The molecule has 1 aromatic heterocycles. The second kappa shape index (κ2) is 7.26. The minimum Gasteiger partial charge on any atom is -0.469 e. The van der Waals surface area contributed by atoms with Crippen LogP contribution in [0.3, 0.4) is 0 Å². The standard InChI is InChI=1S/C15H22N2O4/c1-3-17(9-12-4-6-20-10-12)14(18)8-16-15(19)13-5-7-21-11(13)2/h5,7,12H,3-4,6,8-10H2,1-2H3,(H,16,19). The van der Waals surface area contributed by atoms with Gasteiger partial charge in [-0.05, 0) is 26.3 Å². The summed E-state index contributed by atoms with van der Waals surface area (Å²) in [4.78, 5) is 25.9. The van der Waals surface area contributed by atoms with E-state index in [9.17, 15) is 9.59 Å². The van der Waals surface area contributed by atoms with Crippen LogP contribution in [-0.2, 0) is 9.53 Å². The molecule has 0 spiro atoms. The molecule has 116 valence electrons. The quantitative estimate of drug-likeness (QED) is 0.856. The molecule has 0 radical (unpaired) electrons. The van der Waals surface area contributed by atoms with Gasteiger partial charge in [-0.3, -0.25) is 9.59 Å². The summed E-state index contributed by atoms with van der Waals surface area (Å²) >= 11 is 0. The maximum absolute atomic E-state index is 12.2. The highest BCUT2D eigenvalue weighted by Crippen LogP contribution is 2.14. The number of hydrogen-bond donors (Lipinski definition) is 1.